The second-order valence-electron chi connectivity index (χ2n) is 6.13. The Labute approximate surface area is 152 Å². The summed E-state index contributed by atoms with van der Waals surface area (Å²) in [6.45, 7) is 2.89. The maximum absolute atomic E-state index is 12.7. The van der Waals surface area contributed by atoms with Gasteiger partial charge in [0.1, 0.15) is 0 Å². The lowest BCUT2D eigenvalue weighted by Gasteiger charge is -2.31. The third-order valence-electron chi connectivity index (χ3n) is 4.50. The highest BCUT2D eigenvalue weighted by Gasteiger charge is 2.30. The number of thiophene rings is 1. The predicted molar refractivity (Wildman–Crippen MR) is 99.4 cm³/mol. The molecular formula is C18H22N2O3S2. The molecule has 134 valence electrons. The molecule has 3 rings (SSSR count). The van der Waals surface area contributed by atoms with Gasteiger partial charge in [0.25, 0.3) is 5.91 Å². The minimum atomic E-state index is -3.46. The van der Waals surface area contributed by atoms with Gasteiger partial charge in [0.15, 0.2) is 0 Å². The Morgan fingerprint density at radius 1 is 1.20 bits per heavy atom. The first kappa shape index (κ1) is 18.1. The van der Waals surface area contributed by atoms with E-state index >= 15 is 0 Å². The van der Waals surface area contributed by atoms with Crippen molar-refractivity contribution in [3.05, 3.63) is 52.2 Å². The van der Waals surface area contributed by atoms with Crippen LogP contribution in [0.2, 0.25) is 0 Å². The lowest BCUT2D eigenvalue weighted by atomic mass is 10.1. The van der Waals surface area contributed by atoms with Crippen molar-refractivity contribution < 1.29 is 13.2 Å². The third-order valence-corrected chi connectivity index (χ3v) is 7.28. The van der Waals surface area contributed by atoms with Crippen molar-refractivity contribution in [1.82, 2.24) is 9.62 Å². The smallest absolute Gasteiger partial charge is 0.261 e. The predicted octanol–water partition coefficient (Wildman–Crippen LogP) is 2.89. The summed E-state index contributed by atoms with van der Waals surface area (Å²) in [7, 11) is -3.46. The molecule has 1 saturated heterocycles. The Bertz CT molecular complexity index is 807. The topological polar surface area (TPSA) is 66.5 Å². The standard InChI is InChI=1S/C18H22N2O3S2/c1-2-14-5-7-16(8-6-14)25(22,23)20-11-9-15(10-12-20)19-18(21)17-4-3-13-24-17/h3-8,13,15H,2,9-12H2,1H3,(H,19,21). The first-order valence-corrected chi connectivity index (χ1v) is 10.8. The highest BCUT2D eigenvalue weighted by molar-refractivity contribution is 7.89. The normalized spacial score (nSPS) is 16.7. The molecule has 1 fully saturated rings. The van der Waals surface area contributed by atoms with Gasteiger partial charge in [0, 0.05) is 19.1 Å². The summed E-state index contributed by atoms with van der Waals surface area (Å²) in [5, 5.41) is 4.87. The number of nitrogens with one attached hydrogen (secondary N) is 1. The zero-order chi connectivity index (χ0) is 17.9. The molecule has 5 nitrogen and oxygen atoms in total. The fourth-order valence-electron chi connectivity index (χ4n) is 2.95. The van der Waals surface area contributed by atoms with Crippen LogP contribution in [-0.4, -0.2) is 37.8 Å². The van der Waals surface area contributed by atoms with Gasteiger partial charge in [-0.1, -0.05) is 25.1 Å². The summed E-state index contributed by atoms with van der Waals surface area (Å²) in [5.74, 6) is -0.0774. The molecule has 1 aromatic carbocycles. The lowest BCUT2D eigenvalue weighted by molar-refractivity contribution is 0.0928. The van der Waals surface area contributed by atoms with Crippen molar-refractivity contribution in [3.8, 4) is 0 Å². The summed E-state index contributed by atoms with van der Waals surface area (Å²) in [4.78, 5) is 13.1. The van der Waals surface area contributed by atoms with Gasteiger partial charge in [-0.25, -0.2) is 8.42 Å². The van der Waals surface area contributed by atoms with E-state index in [2.05, 4.69) is 5.32 Å². The Morgan fingerprint density at radius 3 is 2.44 bits per heavy atom. The zero-order valence-electron chi connectivity index (χ0n) is 14.1. The van der Waals surface area contributed by atoms with Crippen LogP contribution in [-0.2, 0) is 16.4 Å². The molecule has 0 radical (unpaired) electrons. The maximum Gasteiger partial charge on any atom is 0.261 e. The quantitative estimate of drug-likeness (QED) is 0.870. The molecule has 2 heterocycles. The first-order chi connectivity index (χ1) is 12.0. The third kappa shape index (κ3) is 4.11. The van der Waals surface area contributed by atoms with Crippen LogP contribution in [0.3, 0.4) is 0 Å². The van der Waals surface area contributed by atoms with E-state index in [0.717, 1.165) is 12.0 Å². The second-order valence-corrected chi connectivity index (χ2v) is 9.01. The number of hydrogen-bond acceptors (Lipinski definition) is 4. The number of piperidine rings is 1. The van der Waals surface area contributed by atoms with Crippen LogP contribution in [0, 0.1) is 0 Å². The summed E-state index contributed by atoms with van der Waals surface area (Å²) in [6, 6.07) is 10.7. The van der Waals surface area contributed by atoms with Gasteiger partial charge >= 0.3 is 0 Å². The lowest BCUT2D eigenvalue weighted by Crippen LogP contribution is -2.46. The van der Waals surface area contributed by atoms with Crippen LogP contribution in [0.4, 0.5) is 0 Å². The highest BCUT2D eigenvalue weighted by atomic mass is 32.2. The number of nitrogens with zero attached hydrogens (tertiary/aromatic N) is 1. The Balaban J connectivity index is 1.60. The highest BCUT2D eigenvalue weighted by Crippen LogP contribution is 2.22. The maximum atomic E-state index is 12.7. The number of aryl methyl sites for hydroxylation is 1. The van der Waals surface area contributed by atoms with E-state index in [1.54, 1.807) is 18.2 Å². The van der Waals surface area contributed by atoms with Gasteiger partial charge in [-0.3, -0.25) is 4.79 Å². The Kier molecular flexibility index (Phi) is 5.56. The van der Waals surface area contributed by atoms with Gasteiger partial charge < -0.3 is 5.32 Å². The molecule has 0 bridgehead atoms. The Hall–Kier alpha value is -1.70. The largest absolute Gasteiger partial charge is 0.349 e. The molecule has 7 heteroatoms. The molecule has 1 aliphatic heterocycles. The van der Waals surface area contributed by atoms with E-state index in [4.69, 9.17) is 0 Å². The van der Waals surface area contributed by atoms with Gasteiger partial charge in [0.2, 0.25) is 10.0 Å². The first-order valence-electron chi connectivity index (χ1n) is 8.44. The van der Waals surface area contributed by atoms with Crippen molar-refractivity contribution in [3.63, 3.8) is 0 Å². The fourth-order valence-corrected chi connectivity index (χ4v) is 5.05. The van der Waals surface area contributed by atoms with Crippen LogP contribution in [0.5, 0.6) is 0 Å². The monoisotopic (exact) mass is 378 g/mol. The minimum absolute atomic E-state index is 0.0171. The van der Waals surface area contributed by atoms with Crippen molar-refractivity contribution in [2.24, 2.45) is 0 Å². The molecule has 0 saturated carbocycles. The minimum Gasteiger partial charge on any atom is -0.349 e. The number of carbonyl (C=O) groups is 1. The summed E-state index contributed by atoms with van der Waals surface area (Å²) in [5.41, 5.74) is 1.12. The van der Waals surface area contributed by atoms with Crippen molar-refractivity contribution >= 4 is 27.3 Å². The van der Waals surface area contributed by atoms with Crippen molar-refractivity contribution in [2.75, 3.05) is 13.1 Å². The number of carbonyl (C=O) groups excluding carboxylic acids is 1. The van der Waals surface area contributed by atoms with E-state index < -0.39 is 10.0 Å². The van der Waals surface area contributed by atoms with Crippen molar-refractivity contribution in [1.29, 1.82) is 0 Å². The SMILES string of the molecule is CCc1ccc(S(=O)(=O)N2CCC(NC(=O)c3cccs3)CC2)cc1. The molecule has 0 aliphatic carbocycles. The average molecular weight is 379 g/mol. The second kappa shape index (κ2) is 7.68. The van der Waals surface area contributed by atoms with Crippen LogP contribution in [0.25, 0.3) is 0 Å². The zero-order valence-corrected chi connectivity index (χ0v) is 15.8. The van der Waals surface area contributed by atoms with Crippen LogP contribution < -0.4 is 5.32 Å². The molecule has 1 aromatic heterocycles. The average Bonchev–Trinajstić information content (AvgIpc) is 3.17. The number of rotatable bonds is 5. The van der Waals surface area contributed by atoms with E-state index in [1.165, 1.54) is 15.6 Å². The van der Waals surface area contributed by atoms with Crippen LogP contribution in [0.15, 0.2) is 46.7 Å². The van der Waals surface area contributed by atoms with Crippen LogP contribution in [0.1, 0.15) is 35.0 Å². The summed E-state index contributed by atoms with van der Waals surface area (Å²) >= 11 is 1.41. The number of hydrogen-bond donors (Lipinski definition) is 1. The molecule has 0 atom stereocenters. The van der Waals surface area contributed by atoms with Gasteiger partial charge in [-0.15, -0.1) is 11.3 Å². The fraction of sp³-hybridized carbons (Fsp3) is 0.389. The van der Waals surface area contributed by atoms with E-state index in [-0.39, 0.29) is 11.9 Å². The van der Waals surface area contributed by atoms with Gasteiger partial charge in [-0.2, -0.15) is 4.31 Å². The van der Waals surface area contributed by atoms with Gasteiger partial charge in [0.05, 0.1) is 9.77 Å². The summed E-state index contributed by atoms with van der Waals surface area (Å²) in [6.07, 6.45) is 2.14. The summed E-state index contributed by atoms with van der Waals surface area (Å²) < 4.78 is 27.0. The molecule has 1 N–H and O–H groups in total. The molecule has 2 aromatic rings. The molecular weight excluding hydrogens is 356 g/mol. The van der Waals surface area contributed by atoms with Crippen molar-refractivity contribution in [2.45, 2.75) is 37.1 Å². The molecule has 0 spiro atoms. The van der Waals surface area contributed by atoms with E-state index in [1.807, 2.05) is 30.5 Å². The molecule has 25 heavy (non-hydrogen) atoms. The van der Waals surface area contributed by atoms with E-state index in [0.29, 0.717) is 35.7 Å². The van der Waals surface area contributed by atoms with Crippen LogP contribution >= 0.6 is 11.3 Å². The molecule has 0 unspecified atom stereocenters. The number of sulfonamides is 1. The Morgan fingerprint density at radius 2 is 1.88 bits per heavy atom. The number of benzene rings is 1. The van der Waals surface area contributed by atoms with E-state index in [9.17, 15) is 13.2 Å². The number of amides is 1. The van der Waals surface area contributed by atoms with Gasteiger partial charge in [-0.05, 0) is 48.4 Å². The molecule has 1 amide bonds. The molecule has 1 aliphatic rings.